The van der Waals surface area contributed by atoms with Crippen LogP contribution in [0.3, 0.4) is 0 Å². The van der Waals surface area contributed by atoms with Crippen LogP contribution in [-0.2, 0) is 16.2 Å². The third kappa shape index (κ3) is 5.22. The first-order chi connectivity index (χ1) is 16.5. The molecule has 2 aliphatic rings. The lowest BCUT2D eigenvalue weighted by Gasteiger charge is -2.37. The van der Waals surface area contributed by atoms with Crippen LogP contribution in [-0.4, -0.2) is 65.5 Å². The number of carbonyl (C=O) groups excluding carboxylic acids is 1. The number of alkyl halides is 3. The third-order valence-electron chi connectivity index (χ3n) is 6.41. The molecule has 7 nitrogen and oxygen atoms in total. The van der Waals surface area contributed by atoms with Crippen molar-refractivity contribution in [3.05, 3.63) is 53.3 Å². The average Bonchev–Trinajstić information content (AvgIpc) is 3.37. The van der Waals surface area contributed by atoms with Gasteiger partial charge in [0.15, 0.2) is 0 Å². The molecule has 2 aliphatic heterocycles. The lowest BCUT2D eigenvalue weighted by molar-refractivity contribution is -0.139. The van der Waals surface area contributed by atoms with Crippen LogP contribution in [0.25, 0.3) is 0 Å². The van der Waals surface area contributed by atoms with Crippen LogP contribution >= 0.6 is 0 Å². The Balaban J connectivity index is 1.54. The van der Waals surface area contributed by atoms with Gasteiger partial charge in [0, 0.05) is 50.6 Å². The molecular formula is C23H26F4N4O3S. The van der Waals surface area contributed by atoms with Gasteiger partial charge in [-0.2, -0.15) is 13.2 Å². The van der Waals surface area contributed by atoms with Gasteiger partial charge in [-0.25, -0.2) is 17.5 Å². The van der Waals surface area contributed by atoms with E-state index in [4.69, 9.17) is 0 Å². The zero-order valence-electron chi connectivity index (χ0n) is 19.1. The van der Waals surface area contributed by atoms with Crippen molar-refractivity contribution in [3.8, 4) is 0 Å². The van der Waals surface area contributed by atoms with E-state index in [-0.39, 0.29) is 29.5 Å². The number of halogens is 4. The van der Waals surface area contributed by atoms with E-state index in [0.29, 0.717) is 24.5 Å². The van der Waals surface area contributed by atoms with Crippen molar-refractivity contribution in [2.24, 2.45) is 0 Å². The second-order valence-corrected chi connectivity index (χ2v) is 10.4. The Bertz CT molecular complexity index is 1210. The summed E-state index contributed by atoms with van der Waals surface area (Å²) < 4.78 is 79.5. The highest BCUT2D eigenvalue weighted by Gasteiger charge is 2.34. The summed E-state index contributed by atoms with van der Waals surface area (Å²) >= 11 is 0. The highest BCUT2D eigenvalue weighted by atomic mass is 32.2. The quantitative estimate of drug-likeness (QED) is 0.620. The molecule has 0 saturated carbocycles. The van der Waals surface area contributed by atoms with Crippen LogP contribution in [0, 0.1) is 5.82 Å². The second-order valence-electron chi connectivity index (χ2n) is 8.52. The molecule has 0 bridgehead atoms. The molecule has 12 heteroatoms. The molecule has 2 aromatic carbocycles. The summed E-state index contributed by atoms with van der Waals surface area (Å²) in [5, 5.41) is 0. The number of rotatable bonds is 5. The molecule has 35 heavy (non-hydrogen) atoms. The molecular weight excluding hydrogens is 488 g/mol. The highest BCUT2D eigenvalue weighted by molar-refractivity contribution is 7.89. The maximum Gasteiger partial charge on any atom is 0.419 e. The van der Waals surface area contributed by atoms with Crippen molar-refractivity contribution >= 4 is 27.3 Å². The van der Waals surface area contributed by atoms with E-state index in [1.807, 2.05) is 0 Å². The van der Waals surface area contributed by atoms with Gasteiger partial charge in [-0.1, -0.05) is 0 Å². The lowest BCUT2D eigenvalue weighted by Crippen LogP contribution is -2.49. The monoisotopic (exact) mass is 514 g/mol. The lowest BCUT2D eigenvalue weighted by atomic mass is 10.1. The molecule has 0 unspecified atom stereocenters. The van der Waals surface area contributed by atoms with E-state index in [0.717, 1.165) is 38.1 Å². The summed E-state index contributed by atoms with van der Waals surface area (Å²) in [6.45, 7) is 2.64. The largest absolute Gasteiger partial charge is 0.419 e. The number of sulfonamides is 1. The topological polar surface area (TPSA) is 73.0 Å². The molecule has 0 atom stereocenters. The number of nitrogens with zero attached hydrogens (tertiary/aromatic N) is 3. The van der Waals surface area contributed by atoms with Gasteiger partial charge in [-0.15, -0.1) is 0 Å². The summed E-state index contributed by atoms with van der Waals surface area (Å²) in [5.74, 6) is -1.66. The zero-order valence-corrected chi connectivity index (χ0v) is 19.9. The van der Waals surface area contributed by atoms with Crippen molar-refractivity contribution in [2.75, 3.05) is 56.1 Å². The minimum Gasteiger partial charge on any atom is -0.371 e. The number of benzene rings is 2. The van der Waals surface area contributed by atoms with Crippen molar-refractivity contribution in [1.82, 2.24) is 9.62 Å². The number of piperazine rings is 1. The number of carbonyl (C=O) groups is 1. The summed E-state index contributed by atoms with van der Waals surface area (Å²) in [7, 11) is -2.45. The molecule has 0 spiro atoms. The van der Waals surface area contributed by atoms with E-state index in [1.54, 1.807) is 15.9 Å². The summed E-state index contributed by atoms with van der Waals surface area (Å²) in [6, 6.07) is 7.33. The minimum absolute atomic E-state index is 0.00911. The Morgan fingerprint density at radius 2 is 1.57 bits per heavy atom. The molecule has 4 rings (SSSR count). The molecule has 1 amide bonds. The van der Waals surface area contributed by atoms with Crippen LogP contribution < -0.4 is 14.5 Å². The summed E-state index contributed by atoms with van der Waals surface area (Å²) in [6.07, 6.45) is -2.81. The Labute approximate surface area is 201 Å². The van der Waals surface area contributed by atoms with Gasteiger partial charge < -0.3 is 14.7 Å². The third-order valence-corrected chi connectivity index (χ3v) is 7.83. The van der Waals surface area contributed by atoms with Crippen molar-refractivity contribution in [1.29, 1.82) is 0 Å². The number of anilines is 2. The first kappa shape index (κ1) is 25.2. The molecule has 0 aromatic heterocycles. The summed E-state index contributed by atoms with van der Waals surface area (Å²) in [5.41, 5.74) is -0.0459. The fourth-order valence-electron chi connectivity index (χ4n) is 4.47. The molecule has 2 aromatic rings. The Kier molecular flexibility index (Phi) is 6.96. The first-order valence-electron chi connectivity index (χ1n) is 11.2. The molecule has 2 saturated heterocycles. The Morgan fingerprint density at radius 3 is 2.14 bits per heavy atom. The van der Waals surface area contributed by atoms with E-state index >= 15 is 0 Å². The Morgan fingerprint density at radius 1 is 0.914 bits per heavy atom. The summed E-state index contributed by atoms with van der Waals surface area (Å²) in [4.78, 5) is 18.8. The SMILES string of the molecule is CNS(=O)(=O)c1ccc(N2CCCC2)c(C(=O)N2CCN(c3ccc(C(F)(F)F)c(F)c3)CC2)c1. The predicted octanol–water partition coefficient (Wildman–Crippen LogP) is 3.32. The predicted molar refractivity (Wildman–Crippen MR) is 124 cm³/mol. The number of hydrogen-bond acceptors (Lipinski definition) is 5. The smallest absolute Gasteiger partial charge is 0.371 e. The fraction of sp³-hybridized carbons (Fsp3) is 0.435. The number of nitrogens with one attached hydrogen (secondary N) is 1. The standard InChI is InChI=1S/C23H26F4N4O3S/c1-28-35(33,34)17-5-7-21(30-8-2-3-9-30)18(15-17)22(32)31-12-10-29(11-13-31)16-4-6-19(20(24)14-16)23(25,26)27/h4-7,14-15,28H,2-3,8-13H2,1H3. The number of hydrogen-bond donors (Lipinski definition) is 1. The minimum atomic E-state index is -4.77. The zero-order chi connectivity index (χ0) is 25.4. The van der Waals surface area contributed by atoms with Crippen molar-refractivity contribution < 1.29 is 30.8 Å². The van der Waals surface area contributed by atoms with Crippen molar-refractivity contribution in [2.45, 2.75) is 23.9 Å². The van der Waals surface area contributed by atoms with Gasteiger partial charge in [0.25, 0.3) is 5.91 Å². The Hall–Kier alpha value is -2.86. The number of amides is 1. The second kappa shape index (κ2) is 9.65. The maximum absolute atomic E-state index is 14.0. The van der Waals surface area contributed by atoms with Crippen LogP contribution in [0.2, 0.25) is 0 Å². The van der Waals surface area contributed by atoms with Crippen LogP contribution in [0.4, 0.5) is 28.9 Å². The van der Waals surface area contributed by atoms with Crippen LogP contribution in [0.15, 0.2) is 41.3 Å². The van der Waals surface area contributed by atoms with Gasteiger partial charge in [-0.05, 0) is 56.3 Å². The molecule has 1 N–H and O–H groups in total. The molecule has 0 aliphatic carbocycles. The molecule has 2 heterocycles. The maximum atomic E-state index is 14.0. The molecule has 0 radical (unpaired) electrons. The van der Waals surface area contributed by atoms with Crippen molar-refractivity contribution in [3.63, 3.8) is 0 Å². The van der Waals surface area contributed by atoms with E-state index in [1.165, 1.54) is 25.2 Å². The van der Waals surface area contributed by atoms with Crippen LogP contribution in [0.1, 0.15) is 28.8 Å². The average molecular weight is 515 g/mol. The highest BCUT2D eigenvalue weighted by Crippen LogP contribution is 2.34. The first-order valence-corrected chi connectivity index (χ1v) is 12.7. The molecule has 190 valence electrons. The molecule has 2 fully saturated rings. The van der Waals surface area contributed by atoms with Gasteiger partial charge in [0.05, 0.1) is 16.0 Å². The van der Waals surface area contributed by atoms with Crippen LogP contribution in [0.5, 0.6) is 0 Å². The fourth-order valence-corrected chi connectivity index (χ4v) is 5.23. The van der Waals surface area contributed by atoms with E-state index in [2.05, 4.69) is 9.62 Å². The van der Waals surface area contributed by atoms with Gasteiger partial charge >= 0.3 is 6.18 Å². The van der Waals surface area contributed by atoms with E-state index < -0.39 is 27.6 Å². The van der Waals surface area contributed by atoms with Gasteiger partial charge in [0.1, 0.15) is 5.82 Å². The van der Waals surface area contributed by atoms with E-state index in [9.17, 15) is 30.8 Å². The van der Waals surface area contributed by atoms with Gasteiger partial charge in [0.2, 0.25) is 10.0 Å². The van der Waals surface area contributed by atoms with Gasteiger partial charge in [-0.3, -0.25) is 4.79 Å². The normalized spacial score (nSPS) is 17.2.